The van der Waals surface area contributed by atoms with E-state index in [0.29, 0.717) is 12.3 Å². The Bertz CT molecular complexity index is 617. The van der Waals surface area contributed by atoms with Crippen molar-refractivity contribution in [1.29, 1.82) is 0 Å². The monoisotopic (exact) mass is 348 g/mol. The van der Waals surface area contributed by atoms with Gasteiger partial charge in [-0.1, -0.05) is 52.3 Å². The third kappa shape index (κ3) is 3.91. The maximum atomic E-state index is 12.3. The smallest absolute Gasteiger partial charge is 0.245 e. The molecule has 0 saturated heterocycles. The minimum atomic E-state index is -0.708. The van der Waals surface area contributed by atoms with Crippen LogP contribution in [0.15, 0.2) is 53.0 Å². The van der Waals surface area contributed by atoms with Gasteiger partial charge >= 0.3 is 0 Å². The Kier molecular flexibility index (Phi) is 5.50. The van der Waals surface area contributed by atoms with Crippen LogP contribution >= 0.6 is 15.9 Å². The fraction of sp³-hybridized carbons (Fsp3) is 0.188. The number of ether oxygens (including phenoxy) is 1. The highest BCUT2D eigenvalue weighted by atomic mass is 79.9. The van der Waals surface area contributed by atoms with Gasteiger partial charge in [0.15, 0.2) is 0 Å². The van der Waals surface area contributed by atoms with Crippen molar-refractivity contribution < 1.29 is 9.53 Å². The van der Waals surface area contributed by atoms with Gasteiger partial charge < -0.3 is 15.8 Å². The molecule has 0 aliphatic heterocycles. The Morgan fingerprint density at radius 1 is 1.24 bits per heavy atom. The largest absolute Gasteiger partial charge is 0.380 e. The quantitative estimate of drug-likeness (QED) is 0.871. The molecule has 0 saturated carbocycles. The summed E-state index contributed by atoms with van der Waals surface area (Å²) in [7, 11) is 1.61. The molecular formula is C16H17BrN2O2. The summed E-state index contributed by atoms with van der Waals surface area (Å²) >= 11 is 3.46. The van der Waals surface area contributed by atoms with Crippen molar-refractivity contribution >= 4 is 27.5 Å². The summed E-state index contributed by atoms with van der Waals surface area (Å²) in [4.78, 5) is 12.3. The second-order valence-electron chi connectivity index (χ2n) is 4.58. The summed E-state index contributed by atoms with van der Waals surface area (Å²) in [6, 6.07) is 14.2. The van der Waals surface area contributed by atoms with E-state index in [1.165, 1.54) is 0 Å². The van der Waals surface area contributed by atoms with E-state index in [0.717, 1.165) is 15.6 Å². The summed E-state index contributed by atoms with van der Waals surface area (Å²) in [5.74, 6) is -0.253. The van der Waals surface area contributed by atoms with Crippen LogP contribution in [-0.2, 0) is 16.1 Å². The number of hydrogen-bond donors (Lipinski definition) is 2. The second kappa shape index (κ2) is 7.36. The molecular weight excluding hydrogens is 332 g/mol. The number of nitrogens with one attached hydrogen (secondary N) is 1. The predicted octanol–water partition coefficient (Wildman–Crippen LogP) is 3.23. The summed E-state index contributed by atoms with van der Waals surface area (Å²) in [5, 5.41) is 2.86. The Hall–Kier alpha value is -1.69. The van der Waals surface area contributed by atoms with Gasteiger partial charge in [-0.15, -0.1) is 0 Å². The molecule has 2 rings (SSSR count). The fourth-order valence-corrected chi connectivity index (χ4v) is 2.47. The zero-order valence-electron chi connectivity index (χ0n) is 11.7. The van der Waals surface area contributed by atoms with Gasteiger partial charge in [-0.25, -0.2) is 0 Å². The predicted molar refractivity (Wildman–Crippen MR) is 86.9 cm³/mol. The fourth-order valence-electron chi connectivity index (χ4n) is 1.99. The number of hydrogen-bond acceptors (Lipinski definition) is 3. The number of methoxy groups -OCH3 is 1. The van der Waals surface area contributed by atoms with Crippen LogP contribution in [0.25, 0.3) is 0 Å². The van der Waals surface area contributed by atoms with Crippen LogP contribution in [0.4, 0.5) is 5.69 Å². The van der Waals surface area contributed by atoms with E-state index in [-0.39, 0.29) is 5.91 Å². The average molecular weight is 349 g/mol. The summed E-state index contributed by atoms with van der Waals surface area (Å²) in [6.45, 7) is 0.400. The molecule has 0 aromatic heterocycles. The normalized spacial score (nSPS) is 12.0. The van der Waals surface area contributed by atoms with Crippen molar-refractivity contribution in [3.8, 4) is 0 Å². The third-order valence-electron chi connectivity index (χ3n) is 3.11. The van der Waals surface area contributed by atoms with Gasteiger partial charge in [-0.3, -0.25) is 4.79 Å². The molecule has 0 fully saturated rings. The molecule has 0 unspecified atom stereocenters. The molecule has 0 aliphatic carbocycles. The van der Waals surface area contributed by atoms with E-state index in [1.54, 1.807) is 7.11 Å². The molecule has 0 spiro atoms. The Morgan fingerprint density at radius 2 is 1.95 bits per heavy atom. The lowest BCUT2D eigenvalue weighted by Crippen LogP contribution is -2.28. The SMILES string of the molecule is COCc1c(Br)cccc1NC(=O)[C@@H](N)c1ccccc1. The van der Waals surface area contributed by atoms with Crippen molar-refractivity contribution in [3.05, 3.63) is 64.1 Å². The standard InChI is InChI=1S/C16H17BrN2O2/c1-21-10-12-13(17)8-5-9-14(12)19-16(20)15(18)11-6-3-2-4-7-11/h2-9,15H,10,18H2,1H3,(H,19,20)/t15-/m0/s1. The van der Waals surface area contributed by atoms with Crippen molar-refractivity contribution in [2.24, 2.45) is 5.73 Å². The molecule has 4 nitrogen and oxygen atoms in total. The first-order valence-electron chi connectivity index (χ1n) is 6.51. The van der Waals surface area contributed by atoms with E-state index in [2.05, 4.69) is 21.2 Å². The molecule has 0 heterocycles. The van der Waals surface area contributed by atoms with E-state index in [4.69, 9.17) is 10.5 Å². The van der Waals surface area contributed by atoms with Crippen LogP contribution in [0.2, 0.25) is 0 Å². The van der Waals surface area contributed by atoms with Crippen molar-refractivity contribution in [2.75, 3.05) is 12.4 Å². The second-order valence-corrected chi connectivity index (χ2v) is 5.43. The van der Waals surface area contributed by atoms with E-state index < -0.39 is 6.04 Å². The first-order chi connectivity index (χ1) is 10.1. The number of amides is 1. The number of rotatable bonds is 5. The maximum Gasteiger partial charge on any atom is 0.245 e. The molecule has 0 bridgehead atoms. The molecule has 3 N–H and O–H groups in total. The number of halogens is 1. The molecule has 1 atom stereocenters. The lowest BCUT2D eigenvalue weighted by molar-refractivity contribution is -0.117. The van der Waals surface area contributed by atoms with E-state index in [9.17, 15) is 4.79 Å². The molecule has 110 valence electrons. The number of carbonyl (C=O) groups is 1. The maximum absolute atomic E-state index is 12.3. The van der Waals surface area contributed by atoms with Crippen molar-refractivity contribution in [2.45, 2.75) is 12.6 Å². The van der Waals surface area contributed by atoms with Gasteiger partial charge in [0.1, 0.15) is 6.04 Å². The van der Waals surface area contributed by atoms with Gasteiger partial charge in [0, 0.05) is 22.8 Å². The van der Waals surface area contributed by atoms with E-state index >= 15 is 0 Å². The third-order valence-corrected chi connectivity index (χ3v) is 3.85. The summed E-state index contributed by atoms with van der Waals surface area (Å²) in [5.41, 5.74) is 8.35. The zero-order valence-corrected chi connectivity index (χ0v) is 13.3. The number of anilines is 1. The highest BCUT2D eigenvalue weighted by Crippen LogP contribution is 2.26. The Labute approximate surface area is 132 Å². The minimum absolute atomic E-state index is 0.253. The topological polar surface area (TPSA) is 64.3 Å². The van der Waals surface area contributed by atoms with Crippen LogP contribution in [0, 0.1) is 0 Å². The van der Waals surface area contributed by atoms with Gasteiger partial charge in [0.05, 0.1) is 6.61 Å². The lowest BCUT2D eigenvalue weighted by atomic mass is 10.1. The van der Waals surface area contributed by atoms with Crippen molar-refractivity contribution in [3.63, 3.8) is 0 Å². The first-order valence-corrected chi connectivity index (χ1v) is 7.30. The molecule has 5 heteroatoms. The van der Waals surface area contributed by atoms with Crippen LogP contribution in [0.3, 0.4) is 0 Å². The molecule has 21 heavy (non-hydrogen) atoms. The van der Waals surface area contributed by atoms with Gasteiger partial charge in [0.2, 0.25) is 5.91 Å². The van der Waals surface area contributed by atoms with Crippen LogP contribution < -0.4 is 11.1 Å². The zero-order chi connectivity index (χ0) is 15.2. The number of nitrogens with two attached hydrogens (primary N) is 1. The summed E-state index contributed by atoms with van der Waals surface area (Å²) < 4.78 is 6.05. The highest BCUT2D eigenvalue weighted by Gasteiger charge is 2.17. The van der Waals surface area contributed by atoms with Crippen LogP contribution in [0.1, 0.15) is 17.2 Å². The summed E-state index contributed by atoms with van der Waals surface area (Å²) in [6.07, 6.45) is 0. The molecule has 0 aliphatic rings. The Morgan fingerprint density at radius 3 is 2.62 bits per heavy atom. The van der Waals surface area contributed by atoms with Gasteiger partial charge in [-0.05, 0) is 17.7 Å². The van der Waals surface area contributed by atoms with Crippen LogP contribution in [-0.4, -0.2) is 13.0 Å². The lowest BCUT2D eigenvalue weighted by Gasteiger charge is -2.16. The Balaban J connectivity index is 2.18. The van der Waals surface area contributed by atoms with Crippen molar-refractivity contribution in [1.82, 2.24) is 0 Å². The molecule has 2 aromatic carbocycles. The van der Waals surface area contributed by atoms with Gasteiger partial charge in [0.25, 0.3) is 0 Å². The number of carbonyl (C=O) groups excluding carboxylic acids is 1. The average Bonchev–Trinajstić information content (AvgIpc) is 2.51. The molecule has 2 aromatic rings. The van der Waals surface area contributed by atoms with E-state index in [1.807, 2.05) is 48.5 Å². The molecule has 0 radical (unpaired) electrons. The highest BCUT2D eigenvalue weighted by molar-refractivity contribution is 9.10. The van der Waals surface area contributed by atoms with Gasteiger partial charge in [-0.2, -0.15) is 0 Å². The van der Waals surface area contributed by atoms with Crippen LogP contribution in [0.5, 0.6) is 0 Å². The minimum Gasteiger partial charge on any atom is -0.380 e. The molecule has 1 amide bonds. The first kappa shape index (κ1) is 15.7. The number of benzene rings is 2.